The van der Waals surface area contributed by atoms with Crippen molar-refractivity contribution in [2.24, 2.45) is 5.41 Å². The topological polar surface area (TPSA) is 36.7 Å². The van der Waals surface area contributed by atoms with Gasteiger partial charge in [-0.15, -0.1) is 0 Å². The molecule has 25 heavy (non-hydrogen) atoms. The van der Waals surface area contributed by atoms with E-state index >= 15 is 0 Å². The van der Waals surface area contributed by atoms with Crippen LogP contribution in [0.1, 0.15) is 25.0 Å². The van der Waals surface area contributed by atoms with Crippen molar-refractivity contribution < 1.29 is 9.21 Å². The first-order valence-corrected chi connectivity index (χ1v) is 9.27. The van der Waals surface area contributed by atoms with E-state index < -0.39 is 0 Å². The smallest absolute Gasteiger partial charge is 0.229 e. The number of furan rings is 1. The summed E-state index contributed by atoms with van der Waals surface area (Å²) in [6.45, 7) is 3.41. The van der Waals surface area contributed by atoms with Crippen molar-refractivity contribution in [1.82, 2.24) is 9.80 Å². The van der Waals surface area contributed by atoms with E-state index in [-0.39, 0.29) is 5.41 Å². The molecule has 2 aliphatic rings. The number of piperidine rings is 1. The van der Waals surface area contributed by atoms with E-state index in [1.54, 1.807) is 0 Å². The molecule has 2 saturated heterocycles. The molecule has 5 heteroatoms. The van der Waals surface area contributed by atoms with Crippen molar-refractivity contribution in [3.05, 3.63) is 47.2 Å². The summed E-state index contributed by atoms with van der Waals surface area (Å²) >= 11 is 6.25. The standard InChI is InChI=1S/C20H23ClN2O2/c1-22-11-4-9-20(19(22)24)10-12-23(14-20)13-15-7-8-18(25-15)16-5-2-3-6-17(16)21/h2-3,5-8H,4,9-14H2,1H3. The molecule has 2 aromatic rings. The lowest BCUT2D eigenvalue weighted by atomic mass is 9.78. The third kappa shape index (κ3) is 3.09. The lowest BCUT2D eigenvalue weighted by Gasteiger charge is -2.37. The summed E-state index contributed by atoms with van der Waals surface area (Å²) in [4.78, 5) is 16.9. The summed E-state index contributed by atoms with van der Waals surface area (Å²) in [5.41, 5.74) is 0.739. The second-order valence-electron chi connectivity index (χ2n) is 7.32. The maximum Gasteiger partial charge on any atom is 0.229 e. The Balaban J connectivity index is 1.46. The Labute approximate surface area is 153 Å². The molecule has 4 rings (SSSR count). The number of carbonyl (C=O) groups excluding carboxylic acids is 1. The van der Waals surface area contributed by atoms with Crippen LogP contribution >= 0.6 is 11.6 Å². The zero-order valence-electron chi connectivity index (χ0n) is 14.5. The predicted octanol–water partition coefficient (Wildman–Crippen LogP) is 4.04. The number of hydrogen-bond acceptors (Lipinski definition) is 3. The maximum atomic E-state index is 12.6. The summed E-state index contributed by atoms with van der Waals surface area (Å²) in [7, 11) is 1.92. The van der Waals surface area contributed by atoms with Crippen LogP contribution in [-0.4, -0.2) is 42.4 Å². The zero-order chi connectivity index (χ0) is 17.4. The van der Waals surface area contributed by atoms with Crippen LogP contribution in [0.3, 0.4) is 0 Å². The normalized spacial score (nSPS) is 24.4. The Hall–Kier alpha value is -1.78. The van der Waals surface area contributed by atoms with Gasteiger partial charge in [-0.25, -0.2) is 0 Å². The quantitative estimate of drug-likeness (QED) is 0.830. The van der Waals surface area contributed by atoms with E-state index in [1.165, 1.54) is 0 Å². The van der Waals surface area contributed by atoms with Gasteiger partial charge in [-0.1, -0.05) is 23.7 Å². The first-order valence-electron chi connectivity index (χ1n) is 8.89. The highest BCUT2D eigenvalue weighted by molar-refractivity contribution is 6.33. The molecular weight excluding hydrogens is 336 g/mol. The number of carbonyl (C=O) groups is 1. The van der Waals surface area contributed by atoms with Gasteiger partial charge in [0.05, 0.1) is 17.0 Å². The molecule has 3 heterocycles. The molecule has 132 valence electrons. The van der Waals surface area contributed by atoms with Gasteiger partial charge in [0, 0.05) is 25.7 Å². The molecule has 1 atom stereocenters. The van der Waals surface area contributed by atoms with Crippen molar-refractivity contribution in [3.63, 3.8) is 0 Å². The Bertz CT molecular complexity index is 788. The van der Waals surface area contributed by atoms with Crippen LogP contribution in [0.2, 0.25) is 5.02 Å². The van der Waals surface area contributed by atoms with Gasteiger partial charge in [0.2, 0.25) is 5.91 Å². The minimum Gasteiger partial charge on any atom is -0.460 e. The largest absolute Gasteiger partial charge is 0.460 e. The van der Waals surface area contributed by atoms with Crippen LogP contribution in [0.4, 0.5) is 0 Å². The van der Waals surface area contributed by atoms with E-state index in [0.717, 1.165) is 62.5 Å². The van der Waals surface area contributed by atoms with Crippen molar-refractivity contribution in [3.8, 4) is 11.3 Å². The molecule has 0 aliphatic carbocycles. The zero-order valence-corrected chi connectivity index (χ0v) is 15.3. The molecule has 1 aromatic heterocycles. The molecule has 1 spiro atoms. The Kier molecular flexibility index (Phi) is 4.34. The summed E-state index contributed by atoms with van der Waals surface area (Å²) in [5.74, 6) is 2.03. The first kappa shape index (κ1) is 16.7. The number of hydrogen-bond donors (Lipinski definition) is 0. The fourth-order valence-electron chi connectivity index (χ4n) is 4.23. The minimum atomic E-state index is -0.175. The fraction of sp³-hybridized carbons (Fsp3) is 0.450. The van der Waals surface area contributed by atoms with Gasteiger partial charge in [-0.3, -0.25) is 9.69 Å². The van der Waals surface area contributed by atoms with Crippen molar-refractivity contribution in [2.75, 3.05) is 26.7 Å². The molecule has 0 bridgehead atoms. The molecule has 2 aliphatic heterocycles. The Morgan fingerprint density at radius 1 is 1.16 bits per heavy atom. The second kappa shape index (κ2) is 6.50. The van der Waals surface area contributed by atoms with E-state index in [9.17, 15) is 4.79 Å². The average molecular weight is 359 g/mol. The van der Waals surface area contributed by atoms with Crippen LogP contribution in [0, 0.1) is 5.41 Å². The first-order chi connectivity index (χ1) is 12.1. The monoisotopic (exact) mass is 358 g/mol. The van der Waals surface area contributed by atoms with E-state index in [2.05, 4.69) is 4.90 Å². The molecule has 0 N–H and O–H groups in total. The van der Waals surface area contributed by atoms with Crippen LogP contribution in [0.25, 0.3) is 11.3 Å². The number of nitrogens with zero attached hydrogens (tertiary/aromatic N) is 2. The molecule has 1 aromatic carbocycles. The summed E-state index contributed by atoms with van der Waals surface area (Å²) in [6, 6.07) is 11.7. The lowest BCUT2D eigenvalue weighted by Crippen LogP contribution is -2.48. The number of amides is 1. The highest BCUT2D eigenvalue weighted by Gasteiger charge is 2.47. The van der Waals surface area contributed by atoms with Gasteiger partial charge in [0.25, 0.3) is 0 Å². The SMILES string of the molecule is CN1CCCC2(CCN(Cc3ccc(-c4ccccc4Cl)o3)C2)C1=O. The molecule has 1 unspecified atom stereocenters. The minimum absolute atomic E-state index is 0.175. The van der Waals surface area contributed by atoms with Crippen LogP contribution < -0.4 is 0 Å². The van der Waals surface area contributed by atoms with E-state index in [1.807, 2.05) is 48.3 Å². The number of benzene rings is 1. The van der Waals surface area contributed by atoms with Crippen LogP contribution in [0.5, 0.6) is 0 Å². The number of rotatable bonds is 3. The van der Waals surface area contributed by atoms with Gasteiger partial charge in [0.15, 0.2) is 0 Å². The molecular formula is C20H23ClN2O2. The Morgan fingerprint density at radius 2 is 2.00 bits per heavy atom. The van der Waals surface area contributed by atoms with Gasteiger partial charge in [-0.2, -0.15) is 0 Å². The van der Waals surface area contributed by atoms with Gasteiger partial charge >= 0.3 is 0 Å². The number of halogens is 1. The fourth-order valence-corrected chi connectivity index (χ4v) is 4.46. The maximum absolute atomic E-state index is 12.6. The van der Waals surface area contributed by atoms with E-state index in [0.29, 0.717) is 10.9 Å². The van der Waals surface area contributed by atoms with Crippen molar-refractivity contribution in [1.29, 1.82) is 0 Å². The van der Waals surface area contributed by atoms with Crippen molar-refractivity contribution in [2.45, 2.75) is 25.8 Å². The summed E-state index contributed by atoms with van der Waals surface area (Å²) in [6.07, 6.45) is 3.07. The van der Waals surface area contributed by atoms with Crippen molar-refractivity contribution >= 4 is 17.5 Å². The molecule has 4 nitrogen and oxygen atoms in total. The second-order valence-corrected chi connectivity index (χ2v) is 7.72. The Morgan fingerprint density at radius 3 is 2.84 bits per heavy atom. The third-order valence-corrected chi connectivity index (χ3v) is 5.89. The van der Waals surface area contributed by atoms with Gasteiger partial charge in [0.1, 0.15) is 11.5 Å². The molecule has 1 amide bonds. The highest BCUT2D eigenvalue weighted by Crippen LogP contribution is 2.40. The average Bonchev–Trinajstić information content (AvgIpc) is 3.22. The number of likely N-dealkylation sites (tertiary alicyclic amines) is 2. The molecule has 2 fully saturated rings. The molecule has 0 saturated carbocycles. The molecule has 0 radical (unpaired) electrons. The highest BCUT2D eigenvalue weighted by atomic mass is 35.5. The van der Waals surface area contributed by atoms with Crippen LogP contribution in [-0.2, 0) is 11.3 Å². The third-order valence-electron chi connectivity index (χ3n) is 5.56. The lowest BCUT2D eigenvalue weighted by molar-refractivity contribution is -0.144. The van der Waals surface area contributed by atoms with Crippen LogP contribution in [0.15, 0.2) is 40.8 Å². The summed E-state index contributed by atoms with van der Waals surface area (Å²) < 4.78 is 6.01. The van der Waals surface area contributed by atoms with E-state index in [4.69, 9.17) is 16.0 Å². The van der Waals surface area contributed by atoms with Gasteiger partial charge in [-0.05, 0) is 50.1 Å². The predicted molar refractivity (Wildman–Crippen MR) is 98.4 cm³/mol. The summed E-state index contributed by atoms with van der Waals surface area (Å²) in [5, 5.41) is 0.694. The van der Waals surface area contributed by atoms with Gasteiger partial charge < -0.3 is 9.32 Å².